The molecule has 0 saturated carbocycles. The van der Waals surface area contributed by atoms with E-state index in [1.807, 2.05) is 0 Å². The van der Waals surface area contributed by atoms with Gasteiger partial charge in [-0.2, -0.15) is 13.2 Å². The average Bonchev–Trinajstić information content (AvgIpc) is 3.17. The van der Waals surface area contributed by atoms with Crippen molar-refractivity contribution in [1.29, 1.82) is 0 Å². The molecule has 0 aliphatic carbocycles. The summed E-state index contributed by atoms with van der Waals surface area (Å²) in [6.07, 6.45) is -6.33. The summed E-state index contributed by atoms with van der Waals surface area (Å²) in [5, 5.41) is 9.50. The van der Waals surface area contributed by atoms with Gasteiger partial charge in [0.25, 0.3) is 0 Å². The van der Waals surface area contributed by atoms with E-state index in [0.717, 1.165) is 4.90 Å². The molecule has 1 aliphatic rings. The van der Waals surface area contributed by atoms with E-state index >= 15 is 0 Å². The first-order valence-electron chi connectivity index (χ1n) is 10.5. The molecule has 13 heteroatoms. The molecule has 1 fully saturated rings. The largest absolute Gasteiger partial charge is 0.465 e. The fraction of sp³-hybridized carbons (Fsp3) is 0.409. The van der Waals surface area contributed by atoms with Crippen molar-refractivity contribution in [3.05, 3.63) is 54.1 Å². The van der Waals surface area contributed by atoms with Crippen molar-refractivity contribution >= 4 is 26.0 Å². The number of sulfone groups is 1. The maximum atomic E-state index is 13.7. The van der Waals surface area contributed by atoms with Gasteiger partial charge in [-0.25, -0.2) is 26.4 Å². The summed E-state index contributed by atoms with van der Waals surface area (Å²) in [6.45, 7) is 5.05. The van der Waals surface area contributed by atoms with E-state index in [9.17, 15) is 39.9 Å². The predicted molar refractivity (Wildman–Crippen MR) is 120 cm³/mol. The van der Waals surface area contributed by atoms with E-state index in [0.29, 0.717) is 18.2 Å². The van der Waals surface area contributed by atoms with Crippen LogP contribution in [0.1, 0.15) is 32.8 Å². The molecule has 2 N–H and O–H groups in total. The number of halogens is 3. The highest BCUT2D eigenvalue weighted by atomic mass is 32.2. The number of carboxylic acid groups (broad SMARTS) is 1. The number of rotatable bonds is 5. The van der Waals surface area contributed by atoms with Crippen molar-refractivity contribution in [3.63, 3.8) is 0 Å². The van der Waals surface area contributed by atoms with E-state index in [2.05, 4.69) is 4.72 Å². The first-order valence-corrected chi connectivity index (χ1v) is 13.5. The molecule has 1 amide bonds. The number of alkyl halides is 3. The van der Waals surface area contributed by atoms with Crippen LogP contribution in [-0.2, 0) is 26.0 Å². The molecule has 192 valence electrons. The third-order valence-corrected chi connectivity index (χ3v) is 9.05. The first kappa shape index (κ1) is 27.0. The zero-order valence-corrected chi connectivity index (χ0v) is 20.7. The van der Waals surface area contributed by atoms with E-state index < -0.39 is 65.0 Å². The SMILES string of the molecule is CC(C)(C)C1[C@@H](NS(=O)(=O)c2cc(S(=O)(=O)c3ccccc3)ccc2C(F)(F)F)CCN1C(=O)O. The fourth-order valence-corrected chi connectivity index (χ4v) is 7.24. The Kier molecular flexibility index (Phi) is 7.01. The molecule has 2 atom stereocenters. The number of hydrogen-bond donors (Lipinski definition) is 2. The maximum Gasteiger partial charge on any atom is 0.417 e. The summed E-state index contributed by atoms with van der Waals surface area (Å²) < 4.78 is 95.9. The van der Waals surface area contributed by atoms with Crippen molar-refractivity contribution in [2.24, 2.45) is 5.41 Å². The van der Waals surface area contributed by atoms with E-state index in [4.69, 9.17) is 0 Å². The maximum absolute atomic E-state index is 13.7. The molecule has 0 aromatic heterocycles. The summed E-state index contributed by atoms with van der Waals surface area (Å²) in [6, 6.07) is 6.63. The lowest BCUT2D eigenvalue weighted by Crippen LogP contribution is -2.52. The molecule has 0 spiro atoms. The van der Waals surface area contributed by atoms with Crippen LogP contribution in [0.2, 0.25) is 0 Å². The van der Waals surface area contributed by atoms with Crippen LogP contribution in [0.25, 0.3) is 0 Å². The minimum atomic E-state index is -5.09. The molecule has 1 heterocycles. The van der Waals surface area contributed by atoms with Gasteiger partial charge in [0.15, 0.2) is 0 Å². The lowest BCUT2D eigenvalue weighted by molar-refractivity contribution is -0.139. The Morgan fingerprint density at radius 3 is 2.11 bits per heavy atom. The van der Waals surface area contributed by atoms with Gasteiger partial charge in [0.1, 0.15) is 0 Å². The normalized spacial score (nSPS) is 19.7. The van der Waals surface area contributed by atoms with Crippen molar-refractivity contribution in [1.82, 2.24) is 9.62 Å². The minimum Gasteiger partial charge on any atom is -0.465 e. The number of nitrogens with zero attached hydrogens (tertiary/aromatic N) is 1. The zero-order chi connectivity index (χ0) is 26.4. The molecule has 1 saturated heterocycles. The van der Waals surface area contributed by atoms with E-state index in [1.165, 1.54) is 24.3 Å². The van der Waals surface area contributed by atoms with Gasteiger partial charge in [0.2, 0.25) is 19.9 Å². The highest BCUT2D eigenvalue weighted by molar-refractivity contribution is 7.91. The molecule has 3 rings (SSSR count). The molecule has 0 bridgehead atoms. The highest BCUT2D eigenvalue weighted by Crippen LogP contribution is 2.38. The second kappa shape index (κ2) is 9.10. The molecule has 1 unspecified atom stereocenters. The highest BCUT2D eigenvalue weighted by Gasteiger charge is 2.47. The third-order valence-electron chi connectivity index (χ3n) is 5.75. The lowest BCUT2D eigenvalue weighted by Gasteiger charge is -2.37. The predicted octanol–water partition coefficient (Wildman–Crippen LogP) is 3.98. The molecular weight excluding hydrogens is 509 g/mol. The second-order valence-electron chi connectivity index (χ2n) is 9.28. The van der Waals surface area contributed by atoms with Crippen LogP contribution >= 0.6 is 0 Å². The zero-order valence-electron chi connectivity index (χ0n) is 19.1. The topological polar surface area (TPSA) is 121 Å². The first-order chi connectivity index (χ1) is 16.0. The average molecular weight is 535 g/mol. The number of likely N-dealkylation sites (tertiary alicyclic amines) is 1. The summed E-state index contributed by atoms with van der Waals surface area (Å²) >= 11 is 0. The van der Waals surface area contributed by atoms with Crippen LogP contribution in [-0.4, -0.2) is 51.6 Å². The van der Waals surface area contributed by atoms with E-state index in [1.54, 1.807) is 26.8 Å². The van der Waals surface area contributed by atoms with Gasteiger partial charge in [-0.3, -0.25) is 0 Å². The molecule has 2 aromatic carbocycles. The van der Waals surface area contributed by atoms with Crippen molar-refractivity contribution in [2.45, 2.75) is 60.1 Å². The molecule has 35 heavy (non-hydrogen) atoms. The number of carbonyl (C=O) groups is 1. The number of hydrogen-bond acceptors (Lipinski definition) is 5. The van der Waals surface area contributed by atoms with Crippen molar-refractivity contribution in [2.75, 3.05) is 6.54 Å². The number of nitrogens with one attached hydrogen (secondary N) is 1. The van der Waals surface area contributed by atoms with Gasteiger partial charge in [-0.05, 0) is 42.2 Å². The Morgan fingerprint density at radius 2 is 1.60 bits per heavy atom. The van der Waals surface area contributed by atoms with Crippen molar-refractivity contribution in [3.8, 4) is 0 Å². The number of sulfonamides is 1. The quantitative estimate of drug-likeness (QED) is 0.599. The van der Waals surface area contributed by atoms with Crippen LogP contribution in [0.4, 0.5) is 18.0 Å². The summed E-state index contributed by atoms with van der Waals surface area (Å²) in [5.41, 5.74) is -2.27. The van der Waals surface area contributed by atoms with E-state index in [-0.39, 0.29) is 17.9 Å². The van der Waals surface area contributed by atoms with Crippen molar-refractivity contribution < 1.29 is 39.9 Å². The van der Waals surface area contributed by atoms with Crippen LogP contribution in [0.5, 0.6) is 0 Å². The van der Waals surface area contributed by atoms with Gasteiger partial charge in [-0.1, -0.05) is 39.0 Å². The summed E-state index contributed by atoms with van der Waals surface area (Å²) in [4.78, 5) is 10.6. The van der Waals surface area contributed by atoms with Gasteiger partial charge in [-0.15, -0.1) is 0 Å². The minimum absolute atomic E-state index is 0.0149. The van der Waals surface area contributed by atoms with Gasteiger partial charge < -0.3 is 10.0 Å². The molecule has 0 radical (unpaired) electrons. The Balaban J connectivity index is 2.11. The molecule has 1 aliphatic heterocycles. The Labute approximate surface area is 201 Å². The van der Waals surface area contributed by atoms with Gasteiger partial charge >= 0.3 is 12.3 Å². The standard InChI is InChI=1S/C22H25F3N2O6S2/c1-21(2,3)19-17(11-12-27(19)20(28)29)26-35(32,33)18-13-15(9-10-16(18)22(23,24)25)34(30,31)14-7-5-4-6-8-14/h4-10,13,17,19,26H,11-12H2,1-3H3,(H,28,29)/t17-,19?/m0/s1. The summed E-state index contributed by atoms with van der Waals surface area (Å²) in [5.74, 6) is 0. The Bertz CT molecular complexity index is 1320. The van der Waals surface area contributed by atoms with Crippen LogP contribution in [0.3, 0.4) is 0 Å². The van der Waals surface area contributed by atoms with Gasteiger partial charge in [0.05, 0.1) is 26.3 Å². The van der Waals surface area contributed by atoms with Gasteiger partial charge in [0, 0.05) is 12.6 Å². The summed E-state index contributed by atoms with van der Waals surface area (Å²) in [7, 11) is -9.23. The molecular formula is C22H25F3N2O6S2. The number of benzene rings is 2. The second-order valence-corrected chi connectivity index (χ2v) is 12.9. The monoisotopic (exact) mass is 534 g/mol. The van der Waals surface area contributed by atoms with Crippen LogP contribution < -0.4 is 4.72 Å². The smallest absolute Gasteiger partial charge is 0.417 e. The molecule has 8 nitrogen and oxygen atoms in total. The Hall–Kier alpha value is -2.64. The van der Waals surface area contributed by atoms with Crippen LogP contribution in [0.15, 0.2) is 63.2 Å². The Morgan fingerprint density at radius 1 is 1.00 bits per heavy atom. The number of amides is 1. The van der Waals surface area contributed by atoms with Crippen LogP contribution in [0, 0.1) is 5.41 Å². The lowest BCUT2D eigenvalue weighted by atomic mass is 9.83. The fourth-order valence-electron chi connectivity index (χ4n) is 4.33. The third kappa shape index (κ3) is 5.46. The molecule has 2 aromatic rings.